The third-order valence-electron chi connectivity index (χ3n) is 3.76. The first-order chi connectivity index (χ1) is 11.3. The standard InChI is InChI=1S/C15H16O2.C5H8O2/c1-10(2)11-7-8-15(17)13(9-11)12-5-3-4-6-14(12)16;1-3-4(2)5(6)7/h3-8,16-17H,9H2,1-2H3;3H,1-2H3,(H,6,7). The van der Waals surface area contributed by atoms with E-state index in [1.807, 2.05) is 32.1 Å². The Morgan fingerprint density at radius 3 is 2.17 bits per heavy atom. The van der Waals surface area contributed by atoms with Crippen molar-refractivity contribution in [2.45, 2.75) is 34.1 Å². The van der Waals surface area contributed by atoms with Crippen LogP contribution in [-0.4, -0.2) is 21.3 Å². The molecular formula is C20H24O4. The number of aromatic hydroxyl groups is 1. The van der Waals surface area contributed by atoms with E-state index in [-0.39, 0.29) is 11.5 Å². The van der Waals surface area contributed by atoms with Crippen LogP contribution in [0.25, 0.3) is 5.57 Å². The number of aliphatic carboxylic acids is 1. The maximum absolute atomic E-state index is 9.91. The zero-order chi connectivity index (χ0) is 18.3. The molecule has 0 fully saturated rings. The minimum absolute atomic E-state index is 0.206. The van der Waals surface area contributed by atoms with Crippen LogP contribution in [0.1, 0.15) is 39.7 Å². The molecule has 0 saturated carbocycles. The van der Waals surface area contributed by atoms with Crippen molar-refractivity contribution in [1.82, 2.24) is 0 Å². The smallest absolute Gasteiger partial charge is 0.330 e. The first-order valence-electron chi connectivity index (χ1n) is 7.69. The minimum atomic E-state index is -0.845. The largest absolute Gasteiger partial charge is 0.508 e. The summed E-state index contributed by atoms with van der Waals surface area (Å²) in [5, 5.41) is 27.8. The lowest BCUT2D eigenvalue weighted by Crippen LogP contribution is -1.98. The molecule has 4 nitrogen and oxygen atoms in total. The third-order valence-corrected chi connectivity index (χ3v) is 3.76. The van der Waals surface area contributed by atoms with Crippen molar-refractivity contribution in [3.05, 3.63) is 70.5 Å². The van der Waals surface area contributed by atoms with Gasteiger partial charge in [0.15, 0.2) is 0 Å². The average Bonchev–Trinajstić information content (AvgIpc) is 2.55. The molecule has 1 aliphatic rings. The van der Waals surface area contributed by atoms with Crippen molar-refractivity contribution in [2.75, 3.05) is 0 Å². The number of carbonyl (C=O) groups is 1. The van der Waals surface area contributed by atoms with Gasteiger partial charge < -0.3 is 15.3 Å². The maximum atomic E-state index is 9.91. The van der Waals surface area contributed by atoms with Crippen LogP contribution in [0.2, 0.25) is 0 Å². The molecule has 0 bridgehead atoms. The maximum Gasteiger partial charge on any atom is 0.330 e. The van der Waals surface area contributed by atoms with Gasteiger partial charge in [-0.05, 0) is 45.4 Å². The highest BCUT2D eigenvalue weighted by molar-refractivity contribution is 5.85. The zero-order valence-electron chi connectivity index (χ0n) is 14.5. The summed E-state index contributed by atoms with van der Waals surface area (Å²) in [4.78, 5) is 9.86. The summed E-state index contributed by atoms with van der Waals surface area (Å²) in [5.74, 6) is -0.406. The van der Waals surface area contributed by atoms with Gasteiger partial charge >= 0.3 is 5.97 Å². The van der Waals surface area contributed by atoms with Gasteiger partial charge in [0.1, 0.15) is 11.5 Å². The Hall–Kier alpha value is -2.75. The second-order valence-electron chi connectivity index (χ2n) is 5.69. The van der Waals surface area contributed by atoms with E-state index < -0.39 is 5.97 Å². The second kappa shape index (κ2) is 8.77. The molecule has 0 atom stereocenters. The number of carboxylic acids is 1. The Kier molecular flexibility index (Phi) is 7.05. The van der Waals surface area contributed by atoms with E-state index in [2.05, 4.69) is 0 Å². The molecular weight excluding hydrogens is 304 g/mol. The van der Waals surface area contributed by atoms with Gasteiger partial charge in [0.2, 0.25) is 0 Å². The minimum Gasteiger partial charge on any atom is -0.508 e. The van der Waals surface area contributed by atoms with Crippen LogP contribution in [-0.2, 0) is 4.79 Å². The molecule has 128 valence electrons. The number of hydrogen-bond donors (Lipinski definition) is 3. The summed E-state index contributed by atoms with van der Waals surface area (Å²) in [6.45, 7) is 7.35. The number of phenolic OH excluding ortho intramolecular Hbond substituents is 1. The number of aliphatic hydroxyl groups excluding tert-OH is 1. The van der Waals surface area contributed by atoms with Gasteiger partial charge in [0, 0.05) is 23.1 Å². The quantitative estimate of drug-likeness (QED) is 0.668. The fourth-order valence-corrected chi connectivity index (χ4v) is 2.05. The van der Waals surface area contributed by atoms with Gasteiger partial charge in [0.25, 0.3) is 0 Å². The fraction of sp³-hybridized carbons (Fsp3) is 0.250. The van der Waals surface area contributed by atoms with E-state index in [1.54, 1.807) is 38.1 Å². The van der Waals surface area contributed by atoms with Crippen LogP contribution in [0.3, 0.4) is 0 Å². The number of allylic oxidation sites excluding steroid dienone is 6. The van der Waals surface area contributed by atoms with Gasteiger partial charge in [-0.25, -0.2) is 4.79 Å². The number of carboxylic acid groups (broad SMARTS) is 1. The Labute approximate surface area is 142 Å². The summed E-state index contributed by atoms with van der Waals surface area (Å²) < 4.78 is 0. The van der Waals surface area contributed by atoms with Crippen LogP contribution >= 0.6 is 0 Å². The Bertz CT molecular complexity index is 730. The van der Waals surface area contributed by atoms with Gasteiger partial charge in [-0.3, -0.25) is 0 Å². The molecule has 4 heteroatoms. The lowest BCUT2D eigenvalue weighted by molar-refractivity contribution is -0.132. The highest BCUT2D eigenvalue weighted by Gasteiger charge is 2.16. The van der Waals surface area contributed by atoms with Gasteiger partial charge in [-0.1, -0.05) is 35.9 Å². The fourth-order valence-electron chi connectivity index (χ4n) is 2.05. The van der Waals surface area contributed by atoms with Crippen molar-refractivity contribution in [3.8, 4) is 5.75 Å². The molecule has 0 radical (unpaired) electrons. The van der Waals surface area contributed by atoms with Crippen LogP contribution in [0.4, 0.5) is 0 Å². The predicted octanol–water partition coefficient (Wildman–Crippen LogP) is 4.99. The normalized spacial score (nSPS) is 14.2. The van der Waals surface area contributed by atoms with E-state index in [9.17, 15) is 15.0 Å². The van der Waals surface area contributed by atoms with Gasteiger partial charge in [-0.15, -0.1) is 0 Å². The molecule has 0 amide bonds. The number of benzene rings is 1. The predicted molar refractivity (Wildman–Crippen MR) is 96.9 cm³/mol. The summed E-state index contributed by atoms with van der Waals surface area (Å²) in [6, 6.07) is 7.09. The molecule has 0 heterocycles. The van der Waals surface area contributed by atoms with E-state index in [0.717, 1.165) is 5.57 Å². The second-order valence-corrected chi connectivity index (χ2v) is 5.69. The number of hydrogen-bond acceptors (Lipinski definition) is 3. The number of para-hydroxylation sites is 1. The summed E-state index contributed by atoms with van der Waals surface area (Å²) in [5.41, 5.74) is 4.28. The molecule has 24 heavy (non-hydrogen) atoms. The molecule has 0 saturated heterocycles. The van der Waals surface area contributed by atoms with E-state index >= 15 is 0 Å². The lowest BCUT2D eigenvalue weighted by Gasteiger charge is -2.16. The Morgan fingerprint density at radius 2 is 1.71 bits per heavy atom. The molecule has 1 aromatic carbocycles. The molecule has 2 rings (SSSR count). The van der Waals surface area contributed by atoms with Crippen LogP contribution in [0, 0.1) is 0 Å². The Morgan fingerprint density at radius 1 is 1.08 bits per heavy atom. The van der Waals surface area contributed by atoms with Crippen molar-refractivity contribution in [2.24, 2.45) is 0 Å². The van der Waals surface area contributed by atoms with Crippen molar-refractivity contribution in [3.63, 3.8) is 0 Å². The van der Waals surface area contributed by atoms with Crippen molar-refractivity contribution < 1.29 is 20.1 Å². The van der Waals surface area contributed by atoms with E-state index in [0.29, 0.717) is 17.6 Å². The molecule has 1 aliphatic carbocycles. The molecule has 0 aromatic heterocycles. The summed E-state index contributed by atoms with van der Waals surface area (Å²) >= 11 is 0. The molecule has 0 unspecified atom stereocenters. The SMILES string of the molecule is CC(C)=C1C=CC(O)=C(c2ccccc2O)C1.CC=C(C)C(=O)O. The van der Waals surface area contributed by atoms with Gasteiger partial charge in [-0.2, -0.15) is 0 Å². The summed E-state index contributed by atoms with van der Waals surface area (Å²) in [7, 11) is 0. The van der Waals surface area contributed by atoms with Gasteiger partial charge in [0.05, 0.1) is 0 Å². The average molecular weight is 328 g/mol. The molecule has 0 spiro atoms. The third kappa shape index (κ3) is 5.16. The first kappa shape index (κ1) is 19.3. The monoisotopic (exact) mass is 328 g/mol. The first-order valence-corrected chi connectivity index (χ1v) is 7.69. The summed E-state index contributed by atoms with van der Waals surface area (Å²) in [6.07, 6.45) is 5.83. The topological polar surface area (TPSA) is 77.8 Å². The van der Waals surface area contributed by atoms with Crippen molar-refractivity contribution in [1.29, 1.82) is 0 Å². The van der Waals surface area contributed by atoms with E-state index in [4.69, 9.17) is 5.11 Å². The highest BCUT2D eigenvalue weighted by Crippen LogP contribution is 2.35. The zero-order valence-corrected chi connectivity index (χ0v) is 14.5. The number of aliphatic hydroxyl groups is 1. The highest BCUT2D eigenvalue weighted by atomic mass is 16.4. The van der Waals surface area contributed by atoms with E-state index in [1.165, 1.54) is 11.1 Å². The van der Waals surface area contributed by atoms with Crippen LogP contribution < -0.4 is 0 Å². The number of phenols is 1. The van der Waals surface area contributed by atoms with Crippen molar-refractivity contribution >= 4 is 11.5 Å². The lowest BCUT2D eigenvalue weighted by atomic mass is 9.90. The molecule has 1 aromatic rings. The van der Waals surface area contributed by atoms with Crippen LogP contribution in [0.5, 0.6) is 5.75 Å². The Balaban J connectivity index is 0.000000351. The van der Waals surface area contributed by atoms with Crippen LogP contribution in [0.15, 0.2) is 65.0 Å². The number of rotatable bonds is 2. The molecule has 0 aliphatic heterocycles. The molecule has 3 N–H and O–H groups in total.